The highest BCUT2D eigenvalue weighted by molar-refractivity contribution is 5.89. The van der Waals surface area contributed by atoms with Gasteiger partial charge in [0.2, 0.25) is 0 Å². The van der Waals surface area contributed by atoms with E-state index in [4.69, 9.17) is 9.47 Å². The summed E-state index contributed by atoms with van der Waals surface area (Å²) < 4.78 is 24.7. The topological polar surface area (TPSA) is 76.7 Å². The number of alkyl carbamates (subject to hydrolysis) is 1. The van der Waals surface area contributed by atoms with Gasteiger partial charge >= 0.3 is 12.1 Å². The van der Waals surface area contributed by atoms with Crippen LogP contribution in [0.1, 0.15) is 22.7 Å². The number of amides is 1. The molecule has 37 heavy (non-hydrogen) atoms. The van der Waals surface area contributed by atoms with Crippen molar-refractivity contribution in [3.05, 3.63) is 138 Å². The molecule has 2 N–H and O–H groups in total. The van der Waals surface area contributed by atoms with Crippen molar-refractivity contribution in [2.75, 3.05) is 12.4 Å². The zero-order valence-corrected chi connectivity index (χ0v) is 20.3. The van der Waals surface area contributed by atoms with Gasteiger partial charge in [0.25, 0.3) is 0 Å². The van der Waals surface area contributed by atoms with Crippen molar-refractivity contribution in [1.82, 2.24) is 5.32 Å². The summed E-state index contributed by atoms with van der Waals surface area (Å²) in [5, 5.41) is 6.16. The number of carbonyl (C=O) groups is 2. The summed E-state index contributed by atoms with van der Waals surface area (Å²) in [4.78, 5) is 26.9. The Balaban J connectivity index is 1.82. The van der Waals surface area contributed by atoms with Crippen molar-refractivity contribution in [1.29, 1.82) is 0 Å². The van der Waals surface area contributed by atoms with Gasteiger partial charge in [-0.05, 0) is 41.0 Å². The van der Waals surface area contributed by atoms with E-state index < -0.39 is 29.5 Å². The summed E-state index contributed by atoms with van der Waals surface area (Å²) >= 11 is 0. The van der Waals surface area contributed by atoms with Gasteiger partial charge in [0, 0.05) is 5.69 Å². The first-order valence-electron chi connectivity index (χ1n) is 11.7. The molecule has 0 aliphatic rings. The molecule has 7 heteroatoms. The third-order valence-electron chi connectivity index (χ3n) is 5.97. The van der Waals surface area contributed by atoms with Crippen LogP contribution >= 0.6 is 0 Å². The third kappa shape index (κ3) is 5.95. The lowest BCUT2D eigenvalue weighted by Crippen LogP contribution is -2.58. The Kier molecular flexibility index (Phi) is 8.15. The number of halogens is 1. The van der Waals surface area contributed by atoms with Crippen LogP contribution in [0.2, 0.25) is 0 Å². The fraction of sp³-hybridized carbons (Fsp3) is 0.133. The van der Waals surface area contributed by atoms with Crippen LogP contribution in [0.15, 0.2) is 115 Å². The molecule has 0 aliphatic heterocycles. The van der Waals surface area contributed by atoms with Gasteiger partial charge in [-0.1, -0.05) is 91.0 Å². The number of esters is 1. The predicted molar refractivity (Wildman–Crippen MR) is 139 cm³/mol. The van der Waals surface area contributed by atoms with Crippen molar-refractivity contribution in [2.45, 2.75) is 18.2 Å². The molecule has 0 aromatic heterocycles. The second-order valence-corrected chi connectivity index (χ2v) is 8.35. The third-order valence-corrected chi connectivity index (χ3v) is 5.97. The first-order valence-corrected chi connectivity index (χ1v) is 11.7. The van der Waals surface area contributed by atoms with E-state index in [1.807, 2.05) is 91.0 Å². The summed E-state index contributed by atoms with van der Waals surface area (Å²) in [5.41, 5.74) is 0.656. The number of hydrogen-bond acceptors (Lipinski definition) is 5. The van der Waals surface area contributed by atoms with Crippen LogP contribution in [0, 0.1) is 5.82 Å². The Morgan fingerprint density at radius 3 is 1.97 bits per heavy atom. The average Bonchev–Trinajstić information content (AvgIpc) is 2.95. The molecule has 188 valence electrons. The number of methoxy groups -OCH3 is 1. The predicted octanol–water partition coefficient (Wildman–Crippen LogP) is 5.97. The SMILES string of the molecule is COC(=O)[C@@](NC(=O)OCc1ccccc1)(c1ccc(F)cc1)[C@@H](Nc1ccccc1)c1ccccc1. The van der Waals surface area contributed by atoms with E-state index in [1.54, 1.807) is 0 Å². The minimum atomic E-state index is -1.83. The molecule has 0 heterocycles. The van der Waals surface area contributed by atoms with E-state index in [1.165, 1.54) is 31.4 Å². The normalized spacial score (nSPS) is 13.0. The molecular formula is C30H27FN2O4. The molecule has 2 atom stereocenters. The number of rotatable bonds is 9. The highest BCUT2D eigenvalue weighted by atomic mass is 19.1. The van der Waals surface area contributed by atoms with Crippen molar-refractivity contribution >= 4 is 17.7 Å². The minimum Gasteiger partial charge on any atom is -0.467 e. The summed E-state index contributed by atoms with van der Waals surface area (Å²) in [6, 6.07) is 32.1. The van der Waals surface area contributed by atoms with E-state index in [0.717, 1.165) is 5.56 Å². The van der Waals surface area contributed by atoms with E-state index in [-0.39, 0.29) is 6.61 Å². The Hall–Kier alpha value is -4.65. The van der Waals surface area contributed by atoms with E-state index in [0.29, 0.717) is 16.8 Å². The van der Waals surface area contributed by atoms with Gasteiger partial charge in [-0.3, -0.25) is 5.32 Å². The van der Waals surface area contributed by atoms with Crippen molar-refractivity contribution < 1.29 is 23.5 Å². The highest BCUT2D eigenvalue weighted by Crippen LogP contribution is 2.39. The molecule has 0 unspecified atom stereocenters. The first-order chi connectivity index (χ1) is 18.0. The van der Waals surface area contributed by atoms with Crippen LogP contribution in [0.25, 0.3) is 0 Å². The molecule has 0 radical (unpaired) electrons. The molecule has 0 fully saturated rings. The quantitative estimate of drug-likeness (QED) is 0.278. The summed E-state index contributed by atoms with van der Waals surface area (Å²) in [7, 11) is 1.24. The van der Waals surface area contributed by atoms with Gasteiger partial charge in [-0.15, -0.1) is 0 Å². The van der Waals surface area contributed by atoms with Gasteiger partial charge in [-0.25, -0.2) is 14.0 Å². The molecule has 0 spiro atoms. The van der Waals surface area contributed by atoms with Crippen LogP contribution in [-0.4, -0.2) is 19.2 Å². The van der Waals surface area contributed by atoms with Crippen LogP contribution < -0.4 is 10.6 Å². The van der Waals surface area contributed by atoms with Gasteiger partial charge in [-0.2, -0.15) is 0 Å². The highest BCUT2D eigenvalue weighted by Gasteiger charge is 2.51. The lowest BCUT2D eigenvalue weighted by molar-refractivity contribution is -0.150. The van der Waals surface area contributed by atoms with E-state index in [2.05, 4.69) is 10.6 Å². The average molecular weight is 499 g/mol. The maximum absolute atomic E-state index is 14.0. The maximum atomic E-state index is 14.0. The van der Waals surface area contributed by atoms with Gasteiger partial charge in [0.15, 0.2) is 5.54 Å². The Labute approximate surface area is 215 Å². The van der Waals surface area contributed by atoms with Crippen LogP contribution in [0.4, 0.5) is 14.9 Å². The zero-order chi connectivity index (χ0) is 26.1. The van der Waals surface area contributed by atoms with Crippen LogP contribution in [0.5, 0.6) is 0 Å². The first kappa shape index (κ1) is 25.4. The van der Waals surface area contributed by atoms with Crippen LogP contribution in [0.3, 0.4) is 0 Å². The molecular weight excluding hydrogens is 471 g/mol. The fourth-order valence-corrected chi connectivity index (χ4v) is 4.18. The minimum absolute atomic E-state index is 0.00450. The molecule has 4 aromatic rings. The lowest BCUT2D eigenvalue weighted by Gasteiger charge is -2.40. The summed E-state index contributed by atoms with van der Waals surface area (Å²) in [6.45, 7) is -0.00450. The van der Waals surface area contributed by atoms with Crippen molar-refractivity contribution in [3.8, 4) is 0 Å². The Bertz CT molecular complexity index is 1300. The number of benzene rings is 4. The second kappa shape index (κ2) is 11.9. The molecule has 6 nitrogen and oxygen atoms in total. The Morgan fingerprint density at radius 1 is 0.811 bits per heavy atom. The molecule has 0 aliphatic carbocycles. The lowest BCUT2D eigenvalue weighted by atomic mass is 9.78. The number of nitrogens with one attached hydrogen (secondary N) is 2. The number of para-hydroxylation sites is 1. The van der Waals surface area contributed by atoms with E-state index in [9.17, 15) is 14.0 Å². The molecule has 0 saturated carbocycles. The number of ether oxygens (including phenoxy) is 2. The molecule has 1 amide bonds. The van der Waals surface area contributed by atoms with Crippen molar-refractivity contribution in [3.63, 3.8) is 0 Å². The second-order valence-electron chi connectivity index (χ2n) is 8.35. The summed E-state index contributed by atoms with van der Waals surface area (Å²) in [6.07, 6.45) is -0.839. The molecule has 0 bridgehead atoms. The number of hydrogen-bond donors (Lipinski definition) is 2. The van der Waals surface area contributed by atoms with Crippen LogP contribution in [-0.2, 0) is 26.4 Å². The van der Waals surface area contributed by atoms with Gasteiger partial charge in [0.1, 0.15) is 12.4 Å². The molecule has 4 rings (SSSR count). The zero-order valence-electron chi connectivity index (χ0n) is 20.3. The molecule has 4 aromatic carbocycles. The maximum Gasteiger partial charge on any atom is 0.408 e. The fourth-order valence-electron chi connectivity index (χ4n) is 4.18. The molecule has 0 saturated heterocycles. The van der Waals surface area contributed by atoms with Crippen molar-refractivity contribution in [2.24, 2.45) is 0 Å². The van der Waals surface area contributed by atoms with E-state index >= 15 is 0 Å². The Morgan fingerprint density at radius 2 is 1.38 bits per heavy atom. The smallest absolute Gasteiger partial charge is 0.408 e. The largest absolute Gasteiger partial charge is 0.467 e. The number of carbonyl (C=O) groups excluding carboxylic acids is 2. The number of anilines is 1. The monoisotopic (exact) mass is 498 g/mol. The van der Waals surface area contributed by atoms with Gasteiger partial charge < -0.3 is 14.8 Å². The standard InChI is InChI=1S/C30H27FN2O4/c1-36-28(34)30(24-17-19-25(31)20-18-24,33-29(35)37-21-22-11-5-2-6-12-22)27(23-13-7-3-8-14-23)32-26-15-9-4-10-16-26/h2-20,27,32H,21H2,1H3,(H,33,35)/t27-,30+/m0/s1. The van der Waals surface area contributed by atoms with Gasteiger partial charge in [0.05, 0.1) is 13.2 Å². The summed E-state index contributed by atoms with van der Waals surface area (Å²) in [5.74, 6) is -1.24.